The van der Waals surface area contributed by atoms with E-state index in [2.05, 4.69) is 9.82 Å². The molecule has 1 aromatic heterocycles. The number of hydrogen-bond donors (Lipinski definition) is 1. The van der Waals surface area contributed by atoms with E-state index in [1.165, 1.54) is 12.1 Å². The number of sulfonamides is 1. The van der Waals surface area contributed by atoms with Crippen LogP contribution in [-0.2, 0) is 16.6 Å². The first-order valence-corrected chi connectivity index (χ1v) is 11.4. The minimum absolute atomic E-state index is 0.0195. The van der Waals surface area contributed by atoms with Crippen LogP contribution in [0.5, 0.6) is 0 Å². The van der Waals surface area contributed by atoms with Crippen molar-refractivity contribution in [3.63, 3.8) is 0 Å². The first-order chi connectivity index (χ1) is 15.3. The molecule has 0 atom stereocenters. The molecule has 0 aliphatic carbocycles. The van der Waals surface area contributed by atoms with Crippen molar-refractivity contribution in [2.24, 2.45) is 0 Å². The minimum atomic E-state index is -4.02. The zero-order valence-electron chi connectivity index (χ0n) is 17.2. The summed E-state index contributed by atoms with van der Waals surface area (Å²) in [5, 5.41) is 4.28. The van der Waals surface area contributed by atoms with E-state index in [-0.39, 0.29) is 28.5 Å². The maximum atomic E-state index is 14.3. The number of aryl methyl sites for hydroxylation is 1. The minimum Gasteiger partial charge on any atom is -0.261 e. The van der Waals surface area contributed by atoms with E-state index in [9.17, 15) is 17.2 Å². The van der Waals surface area contributed by atoms with Gasteiger partial charge in [-0.15, -0.1) is 0 Å². The van der Waals surface area contributed by atoms with Crippen LogP contribution >= 0.6 is 0 Å². The molecule has 0 radical (unpaired) electrons. The molecule has 0 aliphatic rings. The highest BCUT2D eigenvalue weighted by molar-refractivity contribution is 7.92. The molecule has 0 spiro atoms. The van der Waals surface area contributed by atoms with Crippen molar-refractivity contribution >= 4 is 15.8 Å². The molecule has 3 aromatic carbocycles. The van der Waals surface area contributed by atoms with Crippen LogP contribution in [0.3, 0.4) is 0 Å². The Labute approximate surface area is 185 Å². The lowest BCUT2D eigenvalue weighted by molar-refractivity contribution is 0.140. The molecule has 1 heterocycles. The first kappa shape index (κ1) is 21.7. The Kier molecular flexibility index (Phi) is 6.05. The number of alkyl halides is 2. The van der Waals surface area contributed by atoms with Crippen molar-refractivity contribution in [3.8, 4) is 11.1 Å². The zero-order valence-corrected chi connectivity index (χ0v) is 18.1. The van der Waals surface area contributed by atoms with E-state index < -0.39 is 16.4 Å². The van der Waals surface area contributed by atoms with Gasteiger partial charge in [-0.3, -0.25) is 9.40 Å². The molecule has 0 bridgehead atoms. The van der Waals surface area contributed by atoms with Crippen LogP contribution in [-0.4, -0.2) is 18.2 Å². The summed E-state index contributed by atoms with van der Waals surface area (Å²) in [7, 11) is -4.02. The van der Waals surface area contributed by atoms with Gasteiger partial charge in [0.25, 0.3) is 16.4 Å². The van der Waals surface area contributed by atoms with E-state index >= 15 is 0 Å². The highest BCUT2D eigenvalue weighted by atomic mass is 32.2. The van der Waals surface area contributed by atoms with E-state index in [1.807, 2.05) is 13.0 Å². The van der Waals surface area contributed by atoms with Gasteiger partial charge in [-0.25, -0.2) is 17.2 Å². The second kappa shape index (κ2) is 8.92. The summed E-state index contributed by atoms with van der Waals surface area (Å²) in [5.74, 6) is -0.135. The van der Waals surface area contributed by atoms with Crippen LogP contribution in [0, 0.1) is 6.92 Å². The summed E-state index contributed by atoms with van der Waals surface area (Å²) in [6.45, 7) is 1.96. The summed E-state index contributed by atoms with van der Waals surface area (Å²) < 4.78 is 58.0. The average Bonchev–Trinajstić information content (AvgIpc) is 3.12. The molecule has 0 aliphatic heterocycles. The summed E-state index contributed by atoms with van der Waals surface area (Å²) in [5.41, 5.74) is 1.90. The third kappa shape index (κ3) is 4.55. The normalized spacial score (nSPS) is 11.6. The molecule has 1 N–H and O–H groups in total. The fourth-order valence-corrected chi connectivity index (χ4v) is 4.47. The second-order valence-corrected chi connectivity index (χ2v) is 9.02. The van der Waals surface area contributed by atoms with E-state index in [0.29, 0.717) is 5.56 Å². The summed E-state index contributed by atoms with van der Waals surface area (Å²) in [6, 6.07) is 23.7. The number of benzene rings is 3. The third-order valence-corrected chi connectivity index (χ3v) is 6.35. The van der Waals surface area contributed by atoms with Gasteiger partial charge in [0.15, 0.2) is 5.82 Å². The van der Waals surface area contributed by atoms with Crippen molar-refractivity contribution < 1.29 is 17.2 Å². The molecule has 0 amide bonds. The number of anilines is 1. The molecule has 8 heteroatoms. The maximum Gasteiger partial charge on any atom is 0.280 e. The topological polar surface area (TPSA) is 64.0 Å². The molecule has 5 nitrogen and oxygen atoms in total. The van der Waals surface area contributed by atoms with E-state index in [0.717, 1.165) is 15.8 Å². The summed E-state index contributed by atoms with van der Waals surface area (Å²) in [4.78, 5) is 0.0195. The molecule has 164 valence electrons. The number of nitrogens with zero attached hydrogens (tertiary/aromatic N) is 2. The van der Waals surface area contributed by atoms with Crippen LogP contribution in [0.4, 0.5) is 14.6 Å². The van der Waals surface area contributed by atoms with E-state index in [4.69, 9.17) is 0 Å². The lowest BCUT2D eigenvalue weighted by atomic mass is 10.0. The van der Waals surface area contributed by atoms with Gasteiger partial charge < -0.3 is 0 Å². The fourth-order valence-electron chi connectivity index (χ4n) is 3.44. The highest BCUT2D eigenvalue weighted by Gasteiger charge is 2.28. The molecule has 4 aromatic rings. The van der Waals surface area contributed by atoms with Crippen LogP contribution in [0.15, 0.2) is 89.8 Å². The molecule has 0 unspecified atom stereocenters. The van der Waals surface area contributed by atoms with Crippen molar-refractivity contribution in [2.75, 3.05) is 4.72 Å². The van der Waals surface area contributed by atoms with Crippen molar-refractivity contribution in [3.05, 3.63) is 102 Å². The number of aromatic nitrogens is 2. The second-order valence-electron chi connectivity index (χ2n) is 7.34. The molecule has 4 rings (SSSR count). The quantitative estimate of drug-likeness (QED) is 0.394. The lowest BCUT2D eigenvalue weighted by Gasteiger charge is -2.10. The Bertz CT molecular complexity index is 1300. The van der Waals surface area contributed by atoms with Gasteiger partial charge in [-0.05, 0) is 30.2 Å². The van der Waals surface area contributed by atoms with Crippen molar-refractivity contribution in [1.82, 2.24) is 9.78 Å². The number of nitrogens with one attached hydrogen (secondary N) is 1. The van der Waals surface area contributed by atoms with Crippen LogP contribution < -0.4 is 4.72 Å². The predicted molar refractivity (Wildman–Crippen MR) is 120 cm³/mol. The Morgan fingerprint density at radius 3 is 2.09 bits per heavy atom. The van der Waals surface area contributed by atoms with Gasteiger partial charge >= 0.3 is 0 Å². The van der Waals surface area contributed by atoms with Crippen LogP contribution in [0.2, 0.25) is 0 Å². The maximum absolute atomic E-state index is 14.3. The smallest absolute Gasteiger partial charge is 0.261 e. The van der Waals surface area contributed by atoms with Crippen LogP contribution in [0.1, 0.15) is 23.2 Å². The molecule has 32 heavy (non-hydrogen) atoms. The largest absolute Gasteiger partial charge is 0.280 e. The fraction of sp³-hybridized carbons (Fsp3) is 0.125. The SMILES string of the molecule is Cc1ccc(-c2c(NS(=O)(=O)c3ccccc3)nn(Cc3ccccc3)c2C(F)F)cc1. The van der Waals surface area contributed by atoms with Crippen molar-refractivity contribution in [1.29, 1.82) is 0 Å². The van der Waals surface area contributed by atoms with Gasteiger partial charge in [-0.2, -0.15) is 5.10 Å². The highest BCUT2D eigenvalue weighted by Crippen LogP contribution is 2.38. The van der Waals surface area contributed by atoms with Crippen LogP contribution in [0.25, 0.3) is 11.1 Å². The number of rotatable bonds is 7. The molecule has 0 saturated carbocycles. The molecule has 0 fully saturated rings. The number of hydrogen-bond acceptors (Lipinski definition) is 3. The molecular weight excluding hydrogens is 432 g/mol. The monoisotopic (exact) mass is 453 g/mol. The summed E-state index contributed by atoms with van der Waals surface area (Å²) in [6.07, 6.45) is -2.86. The van der Waals surface area contributed by atoms with Gasteiger partial charge in [0.05, 0.1) is 17.0 Å². The predicted octanol–water partition coefficient (Wildman–Crippen LogP) is 5.65. The third-order valence-electron chi connectivity index (χ3n) is 5.00. The summed E-state index contributed by atoms with van der Waals surface area (Å²) >= 11 is 0. The number of halogens is 2. The molecule has 0 saturated heterocycles. The Balaban J connectivity index is 1.87. The van der Waals surface area contributed by atoms with Gasteiger partial charge in [0.1, 0.15) is 5.69 Å². The standard InChI is InChI=1S/C24H21F2N3O2S/c1-17-12-14-19(15-13-17)21-22(23(25)26)29(16-18-8-4-2-5-9-18)27-24(21)28-32(30,31)20-10-6-3-7-11-20/h2-15,23H,16H2,1H3,(H,27,28). The first-order valence-electron chi connectivity index (χ1n) is 9.93. The Hall–Kier alpha value is -3.52. The van der Waals surface area contributed by atoms with Crippen molar-refractivity contribution in [2.45, 2.75) is 24.8 Å². The average molecular weight is 454 g/mol. The van der Waals surface area contributed by atoms with E-state index in [1.54, 1.807) is 66.7 Å². The zero-order chi connectivity index (χ0) is 22.7. The molecular formula is C24H21F2N3O2S. The lowest BCUT2D eigenvalue weighted by Crippen LogP contribution is -2.14. The van der Waals surface area contributed by atoms with Gasteiger partial charge in [0.2, 0.25) is 0 Å². The van der Waals surface area contributed by atoms with Gasteiger partial charge in [0, 0.05) is 0 Å². The Morgan fingerprint density at radius 1 is 0.906 bits per heavy atom. The van der Waals surface area contributed by atoms with Gasteiger partial charge in [-0.1, -0.05) is 78.4 Å². The Morgan fingerprint density at radius 2 is 1.50 bits per heavy atom.